The second-order valence-corrected chi connectivity index (χ2v) is 7.14. The third kappa shape index (κ3) is 4.28. The molecular formula is C19H20ClN7O. The fraction of sp³-hybridized carbons (Fsp3) is 0.316. The van der Waals surface area contributed by atoms with Crippen LogP contribution in [0.3, 0.4) is 0 Å². The van der Waals surface area contributed by atoms with E-state index in [4.69, 9.17) is 11.6 Å². The summed E-state index contributed by atoms with van der Waals surface area (Å²) >= 11 is 5.90. The fourth-order valence-corrected chi connectivity index (χ4v) is 3.42. The van der Waals surface area contributed by atoms with E-state index in [-0.39, 0.29) is 11.8 Å². The lowest BCUT2D eigenvalue weighted by Crippen LogP contribution is -2.43. The zero-order valence-corrected chi connectivity index (χ0v) is 16.0. The Morgan fingerprint density at radius 2 is 2.00 bits per heavy atom. The van der Waals surface area contributed by atoms with Crippen molar-refractivity contribution >= 4 is 23.3 Å². The molecule has 144 valence electrons. The molecule has 1 N–H and O–H groups in total. The predicted molar refractivity (Wildman–Crippen MR) is 105 cm³/mol. The minimum atomic E-state index is -0.0779. The van der Waals surface area contributed by atoms with E-state index in [9.17, 15) is 4.79 Å². The van der Waals surface area contributed by atoms with Crippen LogP contribution in [-0.2, 0) is 11.3 Å². The Bertz CT molecular complexity index is 930. The molecular weight excluding hydrogens is 378 g/mol. The lowest BCUT2D eigenvalue weighted by molar-refractivity contribution is -0.125. The van der Waals surface area contributed by atoms with Crippen molar-refractivity contribution in [1.82, 2.24) is 30.0 Å². The molecule has 3 aromatic rings. The lowest BCUT2D eigenvalue weighted by Gasteiger charge is -2.32. The SMILES string of the molecule is O=C(NCc1ccc(Cl)cc1)C1CCCN(c2cc(-n3cncn3)ncn2)C1. The molecule has 0 saturated carbocycles. The number of nitrogens with zero attached hydrogens (tertiary/aromatic N) is 6. The van der Waals surface area contributed by atoms with Gasteiger partial charge in [0.25, 0.3) is 0 Å². The molecule has 1 aliphatic rings. The first kappa shape index (κ1) is 18.4. The largest absolute Gasteiger partial charge is 0.356 e. The molecule has 8 nitrogen and oxygen atoms in total. The number of benzene rings is 1. The van der Waals surface area contributed by atoms with Crippen LogP contribution >= 0.6 is 11.6 Å². The molecule has 3 heterocycles. The molecule has 1 aromatic carbocycles. The molecule has 0 aliphatic carbocycles. The molecule has 28 heavy (non-hydrogen) atoms. The number of aromatic nitrogens is 5. The normalized spacial score (nSPS) is 16.8. The van der Waals surface area contributed by atoms with E-state index >= 15 is 0 Å². The van der Waals surface area contributed by atoms with Gasteiger partial charge in [0.2, 0.25) is 5.91 Å². The average Bonchev–Trinajstić information content (AvgIpc) is 3.28. The minimum Gasteiger partial charge on any atom is -0.356 e. The van der Waals surface area contributed by atoms with Crippen molar-refractivity contribution in [1.29, 1.82) is 0 Å². The molecule has 9 heteroatoms. The molecule has 1 unspecified atom stereocenters. The summed E-state index contributed by atoms with van der Waals surface area (Å²) in [5, 5.41) is 7.82. The smallest absolute Gasteiger partial charge is 0.225 e. The van der Waals surface area contributed by atoms with Crippen LogP contribution in [0.15, 0.2) is 49.3 Å². The Balaban J connectivity index is 1.39. The van der Waals surface area contributed by atoms with Crippen LogP contribution < -0.4 is 10.2 Å². The molecule has 1 atom stereocenters. The Labute approximate surface area is 167 Å². The Morgan fingerprint density at radius 3 is 2.79 bits per heavy atom. The predicted octanol–water partition coefficient (Wildman–Crippen LogP) is 2.24. The molecule has 1 saturated heterocycles. The van der Waals surface area contributed by atoms with Crippen LogP contribution in [0.2, 0.25) is 5.02 Å². The van der Waals surface area contributed by atoms with E-state index in [1.807, 2.05) is 30.3 Å². The maximum Gasteiger partial charge on any atom is 0.225 e. The number of rotatable bonds is 5. The number of hydrogen-bond acceptors (Lipinski definition) is 6. The molecule has 1 fully saturated rings. The van der Waals surface area contributed by atoms with Gasteiger partial charge < -0.3 is 10.2 Å². The number of hydrogen-bond donors (Lipinski definition) is 1. The highest BCUT2D eigenvalue weighted by atomic mass is 35.5. The van der Waals surface area contributed by atoms with Gasteiger partial charge in [-0.25, -0.2) is 19.6 Å². The van der Waals surface area contributed by atoms with Crippen molar-refractivity contribution in [3.63, 3.8) is 0 Å². The van der Waals surface area contributed by atoms with Gasteiger partial charge in [-0.15, -0.1) is 0 Å². The van der Waals surface area contributed by atoms with Gasteiger partial charge in [0.15, 0.2) is 5.82 Å². The number of carbonyl (C=O) groups excluding carboxylic acids is 1. The first-order chi connectivity index (χ1) is 13.7. The van der Waals surface area contributed by atoms with Crippen molar-refractivity contribution in [2.45, 2.75) is 19.4 Å². The van der Waals surface area contributed by atoms with Gasteiger partial charge in [-0.3, -0.25) is 4.79 Å². The highest BCUT2D eigenvalue weighted by Gasteiger charge is 2.26. The van der Waals surface area contributed by atoms with Gasteiger partial charge in [0.05, 0.1) is 5.92 Å². The van der Waals surface area contributed by atoms with Crippen LogP contribution in [-0.4, -0.2) is 43.7 Å². The fourth-order valence-electron chi connectivity index (χ4n) is 3.30. The quantitative estimate of drug-likeness (QED) is 0.710. The summed E-state index contributed by atoms with van der Waals surface area (Å²) < 4.78 is 1.59. The van der Waals surface area contributed by atoms with Crippen LogP contribution in [0.4, 0.5) is 5.82 Å². The van der Waals surface area contributed by atoms with Crippen molar-refractivity contribution in [2.75, 3.05) is 18.0 Å². The third-order valence-corrected chi connectivity index (χ3v) is 5.04. The highest BCUT2D eigenvalue weighted by molar-refractivity contribution is 6.30. The summed E-state index contributed by atoms with van der Waals surface area (Å²) in [6, 6.07) is 9.35. The first-order valence-electron chi connectivity index (χ1n) is 9.13. The van der Waals surface area contributed by atoms with Crippen molar-refractivity contribution in [2.24, 2.45) is 5.92 Å². The standard InChI is InChI=1S/C19H20ClN7O/c20-16-5-3-14(4-6-16)9-22-19(28)15-2-1-7-26(10-15)17-8-18(24-12-23-17)27-13-21-11-25-27/h3-6,8,11-13,15H,1-2,7,9-10H2,(H,22,28). The van der Waals surface area contributed by atoms with Gasteiger partial charge >= 0.3 is 0 Å². The van der Waals surface area contributed by atoms with Crippen LogP contribution in [0.1, 0.15) is 18.4 Å². The van der Waals surface area contributed by atoms with Crippen LogP contribution in [0, 0.1) is 5.92 Å². The monoisotopic (exact) mass is 397 g/mol. The topological polar surface area (TPSA) is 88.8 Å². The van der Waals surface area contributed by atoms with E-state index < -0.39 is 0 Å². The third-order valence-electron chi connectivity index (χ3n) is 4.79. The summed E-state index contributed by atoms with van der Waals surface area (Å²) in [5.41, 5.74) is 1.03. The zero-order valence-electron chi connectivity index (χ0n) is 15.2. The zero-order chi connectivity index (χ0) is 19.3. The molecule has 2 aromatic heterocycles. The molecule has 1 amide bonds. The lowest BCUT2D eigenvalue weighted by atomic mass is 9.97. The number of carbonyl (C=O) groups is 1. The summed E-state index contributed by atoms with van der Waals surface area (Å²) in [7, 11) is 0. The summed E-state index contributed by atoms with van der Waals surface area (Å²) in [6.07, 6.45) is 6.36. The maximum absolute atomic E-state index is 12.6. The van der Waals surface area contributed by atoms with Gasteiger partial charge in [-0.1, -0.05) is 23.7 Å². The molecule has 4 rings (SSSR count). The summed E-state index contributed by atoms with van der Waals surface area (Å²) in [4.78, 5) is 27.3. The number of halogens is 1. The Kier molecular flexibility index (Phi) is 5.48. The number of anilines is 1. The van der Waals surface area contributed by atoms with E-state index in [0.29, 0.717) is 23.9 Å². The second-order valence-electron chi connectivity index (χ2n) is 6.70. The average molecular weight is 398 g/mol. The van der Waals surface area contributed by atoms with Crippen LogP contribution in [0.25, 0.3) is 5.82 Å². The van der Waals surface area contributed by atoms with Gasteiger partial charge in [-0.2, -0.15) is 5.10 Å². The Hall–Kier alpha value is -3.00. The number of nitrogens with one attached hydrogen (secondary N) is 1. The second kappa shape index (κ2) is 8.35. The van der Waals surface area contributed by atoms with E-state index in [1.165, 1.54) is 12.7 Å². The summed E-state index contributed by atoms with van der Waals surface area (Å²) in [5.74, 6) is 1.42. The van der Waals surface area contributed by atoms with Gasteiger partial charge in [0, 0.05) is 30.7 Å². The minimum absolute atomic E-state index is 0.0604. The van der Waals surface area contributed by atoms with Crippen LogP contribution in [0.5, 0.6) is 0 Å². The number of amides is 1. The van der Waals surface area contributed by atoms with Gasteiger partial charge in [-0.05, 0) is 30.5 Å². The molecule has 0 spiro atoms. The van der Waals surface area contributed by atoms with E-state index in [1.54, 1.807) is 11.0 Å². The van der Waals surface area contributed by atoms with E-state index in [0.717, 1.165) is 30.8 Å². The van der Waals surface area contributed by atoms with E-state index in [2.05, 4.69) is 30.3 Å². The van der Waals surface area contributed by atoms with Gasteiger partial charge in [0.1, 0.15) is 24.8 Å². The number of piperidine rings is 1. The molecule has 0 bridgehead atoms. The molecule has 0 radical (unpaired) electrons. The Morgan fingerprint density at radius 1 is 1.18 bits per heavy atom. The summed E-state index contributed by atoms with van der Waals surface area (Å²) in [6.45, 7) is 1.98. The highest BCUT2D eigenvalue weighted by Crippen LogP contribution is 2.22. The van der Waals surface area contributed by atoms with Crippen molar-refractivity contribution in [3.8, 4) is 5.82 Å². The molecule has 1 aliphatic heterocycles. The maximum atomic E-state index is 12.6. The first-order valence-corrected chi connectivity index (χ1v) is 9.51. The van der Waals surface area contributed by atoms with Crippen molar-refractivity contribution in [3.05, 3.63) is 59.9 Å². The van der Waals surface area contributed by atoms with Crippen molar-refractivity contribution < 1.29 is 4.79 Å².